The van der Waals surface area contributed by atoms with Crippen LogP contribution < -0.4 is 5.56 Å². The van der Waals surface area contributed by atoms with Crippen LogP contribution >= 0.6 is 11.6 Å². The van der Waals surface area contributed by atoms with E-state index in [0.717, 1.165) is 6.07 Å². The zero-order valence-electron chi connectivity index (χ0n) is 12.9. The Morgan fingerprint density at radius 3 is 2.50 bits per heavy atom. The molecule has 0 bridgehead atoms. The van der Waals surface area contributed by atoms with Crippen molar-refractivity contribution in [3.8, 4) is 16.9 Å². The van der Waals surface area contributed by atoms with Crippen LogP contribution in [0.1, 0.15) is 5.56 Å². The second kappa shape index (κ2) is 6.45. The third-order valence-corrected chi connectivity index (χ3v) is 4.12. The Hall–Kier alpha value is -2.87. The summed E-state index contributed by atoms with van der Waals surface area (Å²) in [5, 5.41) is 13.0. The Kier molecular flexibility index (Phi) is 4.45. The van der Waals surface area contributed by atoms with Crippen molar-refractivity contribution in [3.05, 3.63) is 68.3 Å². The number of phenols is 1. The Morgan fingerprint density at radius 1 is 1.15 bits per heavy atom. The fraction of sp³-hybridized carbons (Fsp3) is 0.118. The first kappa shape index (κ1) is 17.9. The minimum Gasteiger partial charge on any atom is -0.507 e. The quantitative estimate of drug-likeness (QED) is 0.663. The van der Waals surface area contributed by atoms with Gasteiger partial charge in [0.1, 0.15) is 12.3 Å². The molecular formula is C17H10ClF3N2O3. The summed E-state index contributed by atoms with van der Waals surface area (Å²) in [6.45, 7) is -0.791. The first-order valence-electron chi connectivity index (χ1n) is 7.27. The summed E-state index contributed by atoms with van der Waals surface area (Å²) in [5.74, 6) is -0.295. The molecular weight excluding hydrogens is 373 g/mol. The van der Waals surface area contributed by atoms with E-state index in [-0.39, 0.29) is 31.9 Å². The summed E-state index contributed by atoms with van der Waals surface area (Å²) >= 11 is 5.93. The molecule has 0 radical (unpaired) electrons. The van der Waals surface area contributed by atoms with E-state index in [0.29, 0.717) is 0 Å². The third kappa shape index (κ3) is 2.92. The van der Waals surface area contributed by atoms with Crippen molar-refractivity contribution < 1.29 is 18.3 Å². The highest BCUT2D eigenvalue weighted by molar-refractivity contribution is 6.31. The molecule has 0 spiro atoms. The van der Waals surface area contributed by atoms with Crippen molar-refractivity contribution in [1.82, 2.24) is 4.57 Å². The van der Waals surface area contributed by atoms with Crippen LogP contribution in [0.2, 0.25) is 5.02 Å². The van der Waals surface area contributed by atoms with E-state index in [2.05, 4.69) is 5.18 Å². The molecule has 0 atom stereocenters. The van der Waals surface area contributed by atoms with Crippen molar-refractivity contribution in [1.29, 1.82) is 0 Å². The topological polar surface area (TPSA) is 71.7 Å². The Morgan fingerprint density at radius 2 is 1.85 bits per heavy atom. The summed E-state index contributed by atoms with van der Waals surface area (Å²) in [6.07, 6.45) is -5.00. The van der Waals surface area contributed by atoms with Crippen LogP contribution in [0, 0.1) is 4.91 Å². The maximum absolute atomic E-state index is 13.5. The molecule has 0 aliphatic rings. The summed E-state index contributed by atoms with van der Waals surface area (Å²) in [7, 11) is 0. The van der Waals surface area contributed by atoms with Crippen LogP contribution in [-0.2, 0) is 12.8 Å². The van der Waals surface area contributed by atoms with Crippen molar-refractivity contribution in [2.24, 2.45) is 5.18 Å². The van der Waals surface area contributed by atoms with Crippen molar-refractivity contribution in [3.63, 3.8) is 0 Å². The number of alkyl halides is 3. The predicted molar refractivity (Wildman–Crippen MR) is 91.1 cm³/mol. The lowest BCUT2D eigenvalue weighted by Crippen LogP contribution is -2.33. The van der Waals surface area contributed by atoms with Crippen molar-refractivity contribution >= 4 is 22.5 Å². The summed E-state index contributed by atoms with van der Waals surface area (Å²) in [4.78, 5) is 23.3. The number of para-hydroxylation sites is 1. The van der Waals surface area contributed by atoms with E-state index < -0.39 is 29.5 Å². The zero-order valence-corrected chi connectivity index (χ0v) is 13.7. The SMILES string of the molecule is O=NCc1c(-c2cc(Cl)ccc2O)c2ccccc2n(C(F)(F)F)c1=O. The smallest absolute Gasteiger partial charge is 0.491 e. The van der Waals surface area contributed by atoms with Gasteiger partial charge in [-0.2, -0.15) is 4.91 Å². The maximum Gasteiger partial charge on any atom is 0.491 e. The molecule has 26 heavy (non-hydrogen) atoms. The van der Waals surface area contributed by atoms with Gasteiger partial charge in [0.15, 0.2) is 0 Å². The number of aromatic nitrogens is 1. The number of hydrogen-bond donors (Lipinski definition) is 1. The van der Waals surface area contributed by atoms with Gasteiger partial charge in [-0.1, -0.05) is 35.0 Å². The van der Waals surface area contributed by atoms with Crippen LogP contribution in [0.5, 0.6) is 5.75 Å². The summed E-state index contributed by atoms with van der Waals surface area (Å²) < 4.78 is 40.0. The number of nitroso groups, excluding NO2 is 1. The predicted octanol–water partition coefficient (Wildman–Crippen LogP) is 4.77. The van der Waals surface area contributed by atoms with E-state index in [1.54, 1.807) is 0 Å². The average Bonchev–Trinajstić information content (AvgIpc) is 2.57. The van der Waals surface area contributed by atoms with Gasteiger partial charge in [-0.25, -0.2) is 4.57 Å². The molecule has 2 aromatic carbocycles. The Bertz CT molecular complexity index is 1080. The molecule has 134 valence electrons. The van der Waals surface area contributed by atoms with Crippen LogP contribution in [0.25, 0.3) is 22.0 Å². The summed E-state index contributed by atoms with van der Waals surface area (Å²) in [5.41, 5.74) is -2.28. The van der Waals surface area contributed by atoms with Gasteiger partial charge in [-0.15, -0.1) is 13.2 Å². The molecule has 5 nitrogen and oxygen atoms in total. The molecule has 9 heteroatoms. The second-order valence-electron chi connectivity index (χ2n) is 5.43. The van der Waals surface area contributed by atoms with Gasteiger partial charge in [0.05, 0.1) is 11.1 Å². The van der Waals surface area contributed by atoms with Crippen molar-refractivity contribution in [2.45, 2.75) is 12.8 Å². The van der Waals surface area contributed by atoms with E-state index in [4.69, 9.17) is 11.6 Å². The first-order valence-corrected chi connectivity index (χ1v) is 7.65. The number of rotatable bonds is 3. The number of nitrogens with zero attached hydrogens (tertiary/aromatic N) is 2. The minimum atomic E-state index is -5.00. The number of fused-ring (bicyclic) bond motifs is 1. The van der Waals surface area contributed by atoms with Crippen LogP contribution in [-0.4, -0.2) is 9.67 Å². The van der Waals surface area contributed by atoms with E-state index in [1.165, 1.54) is 36.4 Å². The Balaban J connectivity index is 2.58. The number of aromatic hydroxyl groups is 1. The molecule has 1 heterocycles. The Labute approximate surface area is 149 Å². The van der Waals surface area contributed by atoms with Gasteiger partial charge < -0.3 is 5.11 Å². The molecule has 0 amide bonds. The van der Waals surface area contributed by atoms with Gasteiger partial charge in [0, 0.05) is 21.5 Å². The fourth-order valence-electron chi connectivity index (χ4n) is 2.87. The van der Waals surface area contributed by atoms with Gasteiger partial charge in [0.2, 0.25) is 0 Å². The van der Waals surface area contributed by atoms with Gasteiger partial charge >= 0.3 is 6.30 Å². The number of hydrogen-bond acceptors (Lipinski definition) is 4. The normalized spacial score (nSPS) is 11.7. The molecule has 1 N–H and O–H groups in total. The highest BCUT2D eigenvalue weighted by Crippen LogP contribution is 2.39. The monoisotopic (exact) mass is 382 g/mol. The summed E-state index contributed by atoms with van der Waals surface area (Å²) in [6, 6.07) is 9.27. The van der Waals surface area contributed by atoms with Crippen LogP contribution in [0.3, 0.4) is 0 Å². The zero-order chi connectivity index (χ0) is 19.1. The molecule has 3 aromatic rings. The lowest BCUT2D eigenvalue weighted by atomic mass is 9.95. The first-order chi connectivity index (χ1) is 12.3. The molecule has 1 aromatic heterocycles. The number of phenolic OH excluding ortho intramolecular Hbond substituents is 1. The minimum absolute atomic E-state index is 0.00861. The standard InChI is InChI=1S/C17H10ClF3N2O3/c18-9-5-6-14(24)11(7-9)15-10-3-1-2-4-13(10)23(17(19,20)21)16(25)12(15)8-22-26/h1-7,24H,8H2. The number of pyridine rings is 1. The lowest BCUT2D eigenvalue weighted by Gasteiger charge is -2.19. The van der Waals surface area contributed by atoms with Gasteiger partial charge in [-0.05, 0) is 24.3 Å². The van der Waals surface area contributed by atoms with E-state index in [1.807, 2.05) is 0 Å². The van der Waals surface area contributed by atoms with Crippen LogP contribution in [0.4, 0.5) is 13.2 Å². The molecule has 0 fully saturated rings. The number of halogens is 4. The average molecular weight is 383 g/mol. The number of benzene rings is 2. The highest BCUT2D eigenvalue weighted by atomic mass is 35.5. The lowest BCUT2D eigenvalue weighted by molar-refractivity contribution is -0.203. The van der Waals surface area contributed by atoms with Gasteiger partial charge in [-0.3, -0.25) is 4.79 Å². The second-order valence-corrected chi connectivity index (χ2v) is 5.86. The third-order valence-electron chi connectivity index (χ3n) is 3.88. The van der Waals surface area contributed by atoms with E-state index >= 15 is 0 Å². The van der Waals surface area contributed by atoms with Crippen molar-refractivity contribution in [2.75, 3.05) is 0 Å². The molecule has 0 unspecified atom stereocenters. The molecule has 0 saturated carbocycles. The molecule has 0 aliphatic carbocycles. The van der Waals surface area contributed by atoms with E-state index in [9.17, 15) is 28.0 Å². The fourth-order valence-corrected chi connectivity index (χ4v) is 3.05. The van der Waals surface area contributed by atoms with Gasteiger partial charge in [0.25, 0.3) is 5.56 Å². The molecule has 3 rings (SSSR count). The van der Waals surface area contributed by atoms with Crippen LogP contribution in [0.15, 0.2) is 52.4 Å². The maximum atomic E-state index is 13.5. The highest BCUT2D eigenvalue weighted by Gasteiger charge is 2.36. The molecule has 0 saturated heterocycles. The largest absolute Gasteiger partial charge is 0.507 e. The molecule has 0 aliphatic heterocycles.